The van der Waals surface area contributed by atoms with Gasteiger partial charge in [0.25, 0.3) is 11.8 Å². The van der Waals surface area contributed by atoms with Crippen molar-refractivity contribution in [2.24, 2.45) is 0 Å². The van der Waals surface area contributed by atoms with Crippen molar-refractivity contribution >= 4 is 106 Å². The molecule has 422 valence electrons. The third kappa shape index (κ3) is 24.5. The van der Waals surface area contributed by atoms with E-state index in [-0.39, 0.29) is 87.4 Å². The van der Waals surface area contributed by atoms with Crippen molar-refractivity contribution in [1.82, 2.24) is 10.6 Å². The van der Waals surface area contributed by atoms with Crippen LogP contribution in [0.3, 0.4) is 0 Å². The minimum atomic E-state index is -0.382. The van der Waals surface area contributed by atoms with Gasteiger partial charge in [0.15, 0.2) is 11.5 Å². The maximum Gasteiger partial charge on any atom is 0.251 e. The van der Waals surface area contributed by atoms with E-state index in [1.165, 1.54) is 16.9 Å². The van der Waals surface area contributed by atoms with E-state index in [1.54, 1.807) is 140 Å². The third-order valence-corrected chi connectivity index (χ3v) is 19.9. The largest absolute Gasteiger partial charge is 0.487 e. The summed E-state index contributed by atoms with van der Waals surface area (Å²) in [4.78, 5) is 29.5. The molecule has 2 aromatic rings. The third-order valence-electron chi connectivity index (χ3n) is 10.0. The molecule has 0 saturated heterocycles. The summed E-state index contributed by atoms with van der Waals surface area (Å²) < 4.78 is 72.4. The molecule has 0 radical (unpaired) electrons. The Hall–Kier alpha value is -3.22. The fourth-order valence-corrected chi connectivity index (χ4v) is 14.9. The highest BCUT2D eigenvalue weighted by atomic mass is 32.2. The van der Waals surface area contributed by atoms with E-state index >= 15 is 0 Å². The summed E-state index contributed by atoms with van der Waals surface area (Å²) in [5.41, 5.74) is 2.06. The molecule has 0 aromatic heterocycles. The van der Waals surface area contributed by atoms with Crippen LogP contribution in [0.2, 0.25) is 0 Å². The molecule has 0 bridgehead atoms. The zero-order valence-electron chi connectivity index (χ0n) is 43.7. The Bertz CT molecular complexity index is 2410. The lowest BCUT2D eigenvalue weighted by Gasteiger charge is -2.19. The second-order valence-corrected chi connectivity index (χ2v) is 24.3. The van der Waals surface area contributed by atoms with Crippen LogP contribution < -0.4 is 24.8 Å². The molecule has 2 aromatic carbocycles. The molecule has 0 aliphatic carbocycles. The van der Waals surface area contributed by atoms with Crippen molar-refractivity contribution in [2.75, 3.05) is 153 Å². The first-order valence-corrected chi connectivity index (χ1v) is 31.6. The lowest BCUT2D eigenvalue weighted by atomic mass is 10.1. The summed E-state index contributed by atoms with van der Waals surface area (Å²) in [6.45, 7) is 6.87. The van der Waals surface area contributed by atoms with Crippen LogP contribution in [-0.2, 0) is 42.6 Å². The van der Waals surface area contributed by atoms with Crippen molar-refractivity contribution in [2.45, 2.75) is 6.42 Å². The molecule has 78 heavy (non-hydrogen) atoms. The molecule has 24 heteroatoms. The second kappa shape index (κ2) is 39.3. The normalized spacial score (nSPS) is 14.6. The molecule has 0 fully saturated rings. The van der Waals surface area contributed by atoms with Crippen LogP contribution in [0.4, 0.5) is 0 Å². The summed E-state index contributed by atoms with van der Waals surface area (Å²) in [5.74, 6) is 13.4. The fraction of sp³-hybridized carbons (Fsp3) is 0.444. The molecule has 0 spiro atoms. The highest BCUT2D eigenvalue weighted by Crippen LogP contribution is 2.54. The standard InChI is InChI=1S/C54H64N2O14S8/c1-59-11-14-62-17-20-65-23-26-68-46-36-43(37-47(69-27-24-66-21-18-63-15-12-60-2)48(46)70-28-25-67-22-19-64-16-13-61-3)50(58)56-10-4-9-55-49(57)42-34-40(5-7-44-38-75-53(77-44)51-71-29-30-72-51)33-41(35-42)6-8-45-39-76-54(78-45)52-73-31-32-74-52/h29-39H,4,9-28H2,1-3H3,(H,55,57)(H,56,58). The van der Waals surface area contributed by atoms with Crippen molar-refractivity contribution in [3.05, 3.63) is 112 Å². The SMILES string of the molecule is COCCOCCOCCOc1cc(C(=O)NCCCNC(=O)c2cc(C#CC3=CSC(=C4SC=CS4)S3)cc(C#CC3=CSC(=C4SC=CS4)S3)c2)cc(OCCOCCOCCOC)c1OCCOCCOCCOC. The van der Waals surface area contributed by atoms with Gasteiger partial charge in [-0.2, -0.15) is 0 Å². The average molecular weight is 1220 g/mol. The number of allylic oxidation sites excluding steroid dienone is 2. The molecule has 0 saturated carbocycles. The van der Waals surface area contributed by atoms with Crippen LogP contribution in [0.25, 0.3) is 0 Å². The van der Waals surface area contributed by atoms with E-state index in [4.69, 9.17) is 56.8 Å². The Kier molecular flexibility index (Phi) is 32.2. The number of carbonyl (C=O) groups excluding carboxylic acids is 2. The average Bonchev–Trinajstić information content (AvgIpc) is 4.33. The molecule has 4 heterocycles. The smallest absolute Gasteiger partial charge is 0.251 e. The fourth-order valence-electron chi connectivity index (χ4n) is 6.35. The summed E-state index contributed by atoms with van der Waals surface area (Å²) in [6, 6.07) is 8.70. The van der Waals surface area contributed by atoms with Crippen LogP contribution in [0, 0.1) is 23.7 Å². The van der Waals surface area contributed by atoms with Gasteiger partial charge >= 0.3 is 0 Å². The van der Waals surface area contributed by atoms with Gasteiger partial charge in [-0.1, -0.05) is 118 Å². The maximum atomic E-state index is 13.9. The first kappa shape index (κ1) is 64.0. The molecule has 2 N–H and O–H groups in total. The molecular formula is C54H64N2O14S8. The summed E-state index contributed by atoms with van der Waals surface area (Å²) in [7, 11) is 4.85. The van der Waals surface area contributed by atoms with Crippen molar-refractivity contribution in [3.8, 4) is 40.9 Å². The number of carbonyl (C=O) groups is 2. The minimum absolute atomic E-state index is 0.141. The zero-order chi connectivity index (χ0) is 54.7. The Balaban J connectivity index is 1.09. The first-order chi connectivity index (χ1) is 38.4. The predicted molar refractivity (Wildman–Crippen MR) is 322 cm³/mol. The molecule has 4 aliphatic heterocycles. The van der Waals surface area contributed by atoms with Crippen molar-refractivity contribution in [3.63, 3.8) is 0 Å². The van der Waals surface area contributed by atoms with Gasteiger partial charge in [-0.15, -0.1) is 0 Å². The first-order valence-electron chi connectivity index (χ1n) is 24.7. The topological polar surface area (TPSA) is 169 Å². The highest BCUT2D eigenvalue weighted by molar-refractivity contribution is 8.34. The number of amides is 2. The zero-order valence-corrected chi connectivity index (χ0v) is 50.2. The molecule has 6 rings (SSSR count). The number of thioether (sulfide) groups is 8. The van der Waals surface area contributed by atoms with Gasteiger partial charge in [0.2, 0.25) is 5.75 Å². The van der Waals surface area contributed by atoms with Crippen LogP contribution in [0.15, 0.2) is 89.5 Å². The Labute approximate surface area is 491 Å². The number of rotatable bonds is 36. The Morgan fingerprint density at radius 2 is 0.769 bits per heavy atom. The minimum Gasteiger partial charge on any atom is -0.487 e. The predicted octanol–water partition coefficient (Wildman–Crippen LogP) is 9.91. The van der Waals surface area contributed by atoms with Crippen LogP contribution in [0.1, 0.15) is 38.3 Å². The monoisotopic (exact) mass is 1220 g/mol. The van der Waals surface area contributed by atoms with Gasteiger partial charge in [-0.05, 0) is 69.2 Å². The molecule has 16 nitrogen and oxygen atoms in total. The van der Waals surface area contributed by atoms with E-state index in [1.807, 2.05) is 6.07 Å². The maximum absolute atomic E-state index is 13.9. The number of nitrogens with one attached hydrogen (secondary N) is 2. The summed E-state index contributed by atoms with van der Waals surface area (Å²) >= 11 is 13.5. The molecule has 0 unspecified atom stereocenters. The lowest BCUT2D eigenvalue weighted by molar-refractivity contribution is 0.0146. The number of methoxy groups -OCH3 is 3. The number of hydrogen-bond acceptors (Lipinski definition) is 22. The Morgan fingerprint density at radius 3 is 1.17 bits per heavy atom. The second-order valence-electron chi connectivity index (χ2n) is 15.7. The van der Waals surface area contributed by atoms with Crippen molar-refractivity contribution in [1.29, 1.82) is 0 Å². The van der Waals surface area contributed by atoms with Gasteiger partial charge in [0.05, 0.1) is 126 Å². The molecule has 0 atom stereocenters. The quantitative estimate of drug-likeness (QED) is 0.0488. The molecule has 4 aliphatic rings. The van der Waals surface area contributed by atoms with Crippen LogP contribution in [0.5, 0.6) is 17.2 Å². The van der Waals surface area contributed by atoms with E-state index in [0.717, 1.165) is 9.81 Å². The van der Waals surface area contributed by atoms with Gasteiger partial charge in [0, 0.05) is 56.7 Å². The van der Waals surface area contributed by atoms with Gasteiger partial charge in [0.1, 0.15) is 19.8 Å². The van der Waals surface area contributed by atoms with Crippen LogP contribution in [-0.4, -0.2) is 165 Å². The van der Waals surface area contributed by atoms with E-state index < -0.39 is 0 Å². The van der Waals surface area contributed by atoms with Crippen LogP contribution >= 0.6 is 94.1 Å². The number of benzene rings is 2. The van der Waals surface area contributed by atoms with Crippen molar-refractivity contribution < 1.29 is 66.4 Å². The van der Waals surface area contributed by atoms with Gasteiger partial charge < -0.3 is 67.5 Å². The van der Waals surface area contributed by atoms with Gasteiger partial charge in [-0.25, -0.2) is 0 Å². The number of ether oxygens (including phenoxy) is 12. The lowest BCUT2D eigenvalue weighted by Crippen LogP contribution is -2.30. The van der Waals surface area contributed by atoms with E-state index in [9.17, 15) is 9.59 Å². The Morgan fingerprint density at radius 1 is 0.410 bits per heavy atom. The summed E-state index contributed by atoms with van der Waals surface area (Å²) in [6.07, 6.45) is 0.438. The van der Waals surface area contributed by atoms with E-state index in [2.05, 4.69) is 66.8 Å². The van der Waals surface area contributed by atoms with Gasteiger partial charge in [-0.3, -0.25) is 9.59 Å². The molecular weight excluding hydrogens is 1160 g/mol. The van der Waals surface area contributed by atoms with E-state index in [0.29, 0.717) is 102 Å². The molecule has 2 amide bonds. The number of hydrogen-bond donors (Lipinski definition) is 2. The summed E-state index contributed by atoms with van der Waals surface area (Å²) in [5, 5.41) is 18.5. The highest BCUT2D eigenvalue weighted by Gasteiger charge is 2.22.